The first kappa shape index (κ1) is 97.6. The standard InChI is InChI=1S/C68H110N22O27S2/c1-25-42(87-57(89-55(25)74)31(16-38(72)95)81-18-30(71)56(75)105)59(107)88-44(52(32-19-78-24-82-32)114-67-54(48(101)45(98)36(20-91)113-67)115-66-50(103)53(116-68(76)110)46(99)37(21-92)112-66)61(109)83-26(2)35(94)17-40(97)86-43(27(3)93)60(108)90-62(117-65-49(102)47(100)41(73)28(4)111-65)51(104)64-85-34(23-119-64)63-84-33(22-118-63)58(106)80-13-7-9-29(70)15-39(96)79-14-8-12-77-11-6-5-10-69/h19,22-24,26-31,35-37,41,43-54,62,65-67,77,81,91-94,98-104H,5-18,20-21,69-71,73H2,1-4H3,(H2,72,95)(H2,75,105)(H2,76,110)(H,78,82)(H,79,96)(H,80,106)(H,83,109)(H,86,97)(H,88,107)(H,90,108)(H2,74,87,89)/t26?,27?,28-,29?,30?,31?,35?,36-,37+,41+,43?,44?,45+,46+,47+,48-,49+,50-,51?,52?,53-,54-,62?,65-,66+,67+/m0/s1. The van der Waals surface area contributed by atoms with Crippen LogP contribution in [0, 0.1) is 6.92 Å². The largest absolute Gasteiger partial charge is 0.441 e. The number of aliphatic hydroxyl groups is 11. The number of nitrogens with zero attached hydrogens (tertiary/aromatic N) is 5. The maximum atomic E-state index is 15.3. The molecule has 36 N–H and O–H groups in total. The van der Waals surface area contributed by atoms with Crippen LogP contribution in [0.15, 0.2) is 23.3 Å². The second-order valence-corrected chi connectivity index (χ2v) is 30.3. The number of hydrogen-bond acceptors (Lipinski definition) is 41. The number of aliphatic hydroxyl groups excluding tert-OH is 11. The Morgan fingerprint density at radius 2 is 1.36 bits per heavy atom. The number of hydrogen-bond donors (Lipinski definition) is 28. The number of carbonyl (C=O) groups is 9. The van der Waals surface area contributed by atoms with Crippen LogP contribution < -0.4 is 88.4 Å². The van der Waals surface area contributed by atoms with Gasteiger partial charge in [0.25, 0.3) is 11.8 Å². The zero-order valence-corrected chi connectivity index (χ0v) is 66.9. The molecule has 3 aliphatic heterocycles. The summed E-state index contributed by atoms with van der Waals surface area (Å²) in [4.78, 5) is 145. The summed E-state index contributed by atoms with van der Waals surface area (Å²) in [5.74, 6) is -8.64. The molecule has 7 rings (SSSR count). The van der Waals surface area contributed by atoms with Gasteiger partial charge in [0.2, 0.25) is 35.4 Å². The van der Waals surface area contributed by atoms with E-state index in [9.17, 15) is 89.7 Å². The summed E-state index contributed by atoms with van der Waals surface area (Å²) in [6.45, 7) is 5.33. The van der Waals surface area contributed by atoms with Crippen LogP contribution in [-0.2, 0) is 61.9 Å². The van der Waals surface area contributed by atoms with Crippen molar-refractivity contribution >= 4 is 81.8 Å². The summed E-state index contributed by atoms with van der Waals surface area (Å²) < 4.78 is 40.5. The van der Waals surface area contributed by atoms with E-state index in [2.05, 4.69) is 72.4 Å². The van der Waals surface area contributed by atoms with Crippen molar-refractivity contribution in [1.82, 2.24) is 72.4 Å². The molecule has 51 heteroatoms. The van der Waals surface area contributed by atoms with Crippen molar-refractivity contribution < 1.29 is 132 Å². The second-order valence-electron chi connectivity index (χ2n) is 28.6. The van der Waals surface area contributed by atoms with E-state index in [1.807, 2.05) is 0 Å². The molecular formula is C68H110N22O27S2. The predicted octanol–water partition coefficient (Wildman–Crippen LogP) is -11.3. The summed E-state index contributed by atoms with van der Waals surface area (Å²) in [5.41, 5.74) is 45.1. The monoisotopic (exact) mass is 1730 g/mol. The van der Waals surface area contributed by atoms with Crippen LogP contribution >= 0.6 is 22.7 Å². The second kappa shape index (κ2) is 46.5. The molecule has 7 heterocycles. The number of unbranched alkanes of at least 4 members (excludes halogenated alkanes) is 1. The van der Waals surface area contributed by atoms with Gasteiger partial charge in [0.15, 0.2) is 37.3 Å². The number of nitrogen functional groups attached to an aromatic ring is 1. The molecule has 0 aliphatic carbocycles. The predicted molar refractivity (Wildman–Crippen MR) is 412 cm³/mol. The maximum absolute atomic E-state index is 15.3. The fraction of sp³-hybridized carbons (Fsp3) is 0.676. The Hall–Kier alpha value is -8.54. The third-order valence-electron chi connectivity index (χ3n) is 19.3. The molecule has 0 radical (unpaired) electrons. The molecule has 26 atom stereocenters. The molecule has 3 saturated heterocycles. The number of aromatic nitrogens is 6. The lowest BCUT2D eigenvalue weighted by molar-refractivity contribution is -0.372. The molecule has 49 nitrogen and oxygen atoms in total. The SMILES string of the molecule is Cc1c(N)nc(C(CC(N)=O)NCC(N)C(N)=O)nc1C(=O)NC(C(=O)NC(C)C(O)CC(=O)NC(C(=O)NC(O[C@@H]1O[C@@H](C)[C@@H](N)[C@@H](O)[C@H]1O)C(O)c1nc(-c2nc(C(=O)NCCCC(N)CC(=O)NCCCNCCCCN)cs2)cs1)C(C)O)C(O[C@H]1O[C@@H](CO)[C@@H](O)[C@H](O)[C@@H]1O[C@H]1O[C@H](CO)[C@@H](O)[C@H](OC(N)=O)[C@@H]1O)c1cnc[nH]1. The number of carbonyl (C=O) groups excluding carboxylic acids is 9. The Morgan fingerprint density at radius 3 is 2.02 bits per heavy atom. The number of aromatic amines is 1. The highest BCUT2D eigenvalue weighted by Gasteiger charge is 2.54. The van der Waals surface area contributed by atoms with E-state index in [0.717, 1.165) is 81.4 Å². The summed E-state index contributed by atoms with van der Waals surface area (Å²) in [5, 5.41) is 147. The number of anilines is 1. The molecule has 0 bridgehead atoms. The fourth-order valence-corrected chi connectivity index (χ4v) is 14.0. The summed E-state index contributed by atoms with van der Waals surface area (Å²) in [6, 6.07) is -10.2. The van der Waals surface area contributed by atoms with E-state index in [4.69, 9.17) is 79.0 Å². The van der Waals surface area contributed by atoms with Crippen molar-refractivity contribution in [2.45, 2.75) is 238 Å². The highest BCUT2D eigenvalue weighted by atomic mass is 32.1. The van der Waals surface area contributed by atoms with E-state index in [1.54, 1.807) is 0 Å². The van der Waals surface area contributed by atoms with Crippen LogP contribution in [0.3, 0.4) is 0 Å². The van der Waals surface area contributed by atoms with Gasteiger partial charge >= 0.3 is 6.09 Å². The quantitative estimate of drug-likeness (QED) is 0.0144. The smallest absolute Gasteiger partial charge is 0.404 e. The molecule has 0 saturated carbocycles. The van der Waals surface area contributed by atoms with Crippen molar-refractivity contribution in [2.24, 2.45) is 40.1 Å². The van der Waals surface area contributed by atoms with Crippen molar-refractivity contribution in [1.29, 1.82) is 0 Å². The van der Waals surface area contributed by atoms with Gasteiger partial charge in [-0.3, -0.25) is 38.4 Å². The topological polar surface area (TPSA) is 825 Å². The highest BCUT2D eigenvalue weighted by molar-refractivity contribution is 7.14. The van der Waals surface area contributed by atoms with Gasteiger partial charge in [0.05, 0.1) is 80.3 Å². The van der Waals surface area contributed by atoms with Crippen molar-refractivity contribution in [3.63, 3.8) is 0 Å². The highest BCUT2D eigenvalue weighted by Crippen LogP contribution is 2.36. The Kier molecular flexibility index (Phi) is 38.1. The summed E-state index contributed by atoms with van der Waals surface area (Å²) >= 11 is 1.84. The number of nitrogens with one attached hydrogen (secondary N) is 9. The third kappa shape index (κ3) is 27.5. The molecule has 9 amide bonds. The molecule has 4 aromatic rings. The average molecular weight is 1730 g/mol. The van der Waals surface area contributed by atoms with Crippen LogP contribution in [0.5, 0.6) is 0 Å². The van der Waals surface area contributed by atoms with Gasteiger partial charge in [0, 0.05) is 54.8 Å². The molecule has 0 aromatic carbocycles. The zero-order valence-electron chi connectivity index (χ0n) is 65.3. The van der Waals surface area contributed by atoms with E-state index in [-0.39, 0.29) is 51.5 Å². The number of rotatable bonds is 47. The molecule has 4 aromatic heterocycles. The lowest BCUT2D eigenvalue weighted by Gasteiger charge is -2.47. The number of ether oxygens (including phenoxy) is 7. The lowest BCUT2D eigenvalue weighted by atomic mass is 9.97. The van der Waals surface area contributed by atoms with Gasteiger partial charge in [-0.1, -0.05) is 0 Å². The number of nitrogens with two attached hydrogens (primary N) is 8. The van der Waals surface area contributed by atoms with Gasteiger partial charge in [-0.25, -0.2) is 29.7 Å². The van der Waals surface area contributed by atoms with E-state index < -0.39 is 256 Å². The van der Waals surface area contributed by atoms with Crippen molar-refractivity contribution in [3.05, 3.63) is 56.8 Å². The van der Waals surface area contributed by atoms with E-state index >= 15 is 9.59 Å². The minimum absolute atomic E-state index is 0.00960. The first-order valence-electron chi connectivity index (χ1n) is 37.9. The van der Waals surface area contributed by atoms with Gasteiger partial charge in [-0.05, 0) is 79.4 Å². The third-order valence-corrected chi connectivity index (χ3v) is 21.1. The van der Waals surface area contributed by atoms with Gasteiger partial charge in [-0.2, -0.15) is 0 Å². The van der Waals surface area contributed by atoms with Crippen LogP contribution in [0.4, 0.5) is 10.6 Å². The van der Waals surface area contributed by atoms with Gasteiger partial charge < -0.3 is 183 Å². The molecule has 3 fully saturated rings. The van der Waals surface area contributed by atoms with E-state index in [0.29, 0.717) is 25.9 Å². The average Bonchev–Trinajstić information content (AvgIpc) is 1.21. The summed E-state index contributed by atoms with van der Waals surface area (Å²) in [7, 11) is 0. The zero-order chi connectivity index (χ0) is 87.8. The Labute approximate surface area is 687 Å². The summed E-state index contributed by atoms with van der Waals surface area (Å²) in [6.07, 6.45) is -34.5. The number of amides is 9. The lowest BCUT2D eigenvalue weighted by Crippen LogP contribution is -2.65. The normalized spacial score (nSPS) is 26.0. The van der Waals surface area contributed by atoms with E-state index in [1.165, 1.54) is 24.6 Å². The molecular weight excluding hydrogens is 1620 g/mol. The van der Waals surface area contributed by atoms with Crippen molar-refractivity contribution in [2.75, 3.05) is 58.2 Å². The van der Waals surface area contributed by atoms with Crippen LogP contribution in [0.1, 0.15) is 133 Å². The molecule has 0 spiro atoms. The Balaban J connectivity index is 1.11. The van der Waals surface area contributed by atoms with Crippen LogP contribution in [-0.4, -0.2) is 333 Å². The minimum atomic E-state index is -2.27. The minimum Gasteiger partial charge on any atom is -0.441 e. The maximum Gasteiger partial charge on any atom is 0.404 e. The fourth-order valence-electron chi connectivity index (χ4n) is 12.4. The first-order chi connectivity index (χ1) is 56.4. The molecule has 666 valence electrons. The van der Waals surface area contributed by atoms with Crippen molar-refractivity contribution in [3.8, 4) is 10.7 Å². The van der Waals surface area contributed by atoms with Crippen LogP contribution in [0.25, 0.3) is 10.7 Å². The van der Waals surface area contributed by atoms with Gasteiger partial charge in [-0.15, -0.1) is 22.7 Å². The number of primary amides is 3. The number of imidazole rings is 1. The molecule has 3 aliphatic rings. The van der Waals surface area contributed by atoms with Crippen LogP contribution in [0.2, 0.25) is 0 Å². The Morgan fingerprint density at radius 1 is 0.681 bits per heavy atom. The van der Waals surface area contributed by atoms with Gasteiger partial charge in [0.1, 0.15) is 112 Å². The molecule has 11 unspecified atom stereocenters. The number of H-pyrrole nitrogens is 1. The Bertz CT molecular complexity index is 3960. The first-order valence-corrected chi connectivity index (χ1v) is 39.7. The molecule has 119 heavy (non-hydrogen) atoms. The number of thiazole rings is 2.